The fraction of sp³-hybridized carbons (Fsp3) is 0.231. The number of aryl methyl sites for hydroxylation is 1. The highest BCUT2D eigenvalue weighted by molar-refractivity contribution is 5.87. The number of nitrogens with zero attached hydrogens (tertiary/aromatic N) is 1. The number of hydrogen-bond acceptors (Lipinski definition) is 5. The van der Waals surface area contributed by atoms with Gasteiger partial charge in [0.25, 0.3) is 0 Å². The molecule has 0 radical (unpaired) electrons. The molecule has 174 valence electrons. The maximum Gasteiger partial charge on any atom is 0.345 e. The number of carboxylic acid groups (broad SMARTS) is 2. The third-order valence-corrected chi connectivity index (χ3v) is 5.19. The van der Waals surface area contributed by atoms with Crippen LogP contribution in [0.15, 0.2) is 78.9 Å². The summed E-state index contributed by atoms with van der Waals surface area (Å²) < 4.78 is 0. The molecule has 0 saturated heterocycles. The van der Waals surface area contributed by atoms with Crippen LogP contribution in [0.1, 0.15) is 35.3 Å². The zero-order valence-electron chi connectivity index (χ0n) is 18.8. The zero-order chi connectivity index (χ0) is 24.6. The van der Waals surface area contributed by atoms with Crippen molar-refractivity contribution in [2.75, 3.05) is 19.0 Å². The lowest BCUT2D eigenvalue weighted by Gasteiger charge is -2.30. The van der Waals surface area contributed by atoms with Crippen LogP contribution < -0.4 is 4.90 Å². The van der Waals surface area contributed by atoms with Crippen LogP contribution in [0.4, 0.5) is 5.69 Å². The van der Waals surface area contributed by atoms with Crippen LogP contribution in [0.5, 0.6) is 0 Å². The SMILES string of the molecule is CCc1cccc(C(O)(C(=O)O)c2ccccc2)c1N(C)C.O=C(O)C(O)c1ccccc1. The summed E-state index contributed by atoms with van der Waals surface area (Å²) in [7, 11) is 3.70. The topological polar surface area (TPSA) is 118 Å². The molecule has 2 unspecified atom stereocenters. The van der Waals surface area contributed by atoms with Gasteiger partial charge in [0.05, 0.1) is 0 Å². The number of carbonyl (C=O) groups is 2. The van der Waals surface area contributed by atoms with Crippen molar-refractivity contribution < 1.29 is 30.0 Å². The molecule has 4 N–H and O–H groups in total. The van der Waals surface area contributed by atoms with Crippen molar-refractivity contribution in [3.05, 3.63) is 101 Å². The van der Waals surface area contributed by atoms with Gasteiger partial charge in [0, 0.05) is 25.3 Å². The summed E-state index contributed by atoms with van der Waals surface area (Å²) in [6.45, 7) is 2.01. The monoisotopic (exact) mass is 451 g/mol. The Hall–Kier alpha value is -3.68. The Morgan fingerprint density at radius 3 is 1.88 bits per heavy atom. The Balaban J connectivity index is 0.000000294. The van der Waals surface area contributed by atoms with Crippen LogP contribution in [0.2, 0.25) is 0 Å². The Bertz CT molecular complexity index is 1070. The molecule has 7 heteroatoms. The lowest BCUT2D eigenvalue weighted by atomic mass is 9.83. The highest BCUT2D eigenvalue weighted by Crippen LogP contribution is 2.38. The van der Waals surface area contributed by atoms with Gasteiger partial charge in [-0.15, -0.1) is 0 Å². The second kappa shape index (κ2) is 11.3. The van der Waals surface area contributed by atoms with Gasteiger partial charge in [-0.05, 0) is 23.1 Å². The van der Waals surface area contributed by atoms with Gasteiger partial charge in [-0.25, -0.2) is 9.59 Å². The Kier molecular flexibility index (Phi) is 8.73. The van der Waals surface area contributed by atoms with Gasteiger partial charge in [-0.3, -0.25) is 0 Å². The number of carboxylic acids is 2. The fourth-order valence-electron chi connectivity index (χ4n) is 3.55. The first-order valence-electron chi connectivity index (χ1n) is 10.4. The predicted octanol–water partition coefficient (Wildman–Crippen LogP) is 3.44. The average Bonchev–Trinajstić information content (AvgIpc) is 2.83. The first-order valence-corrected chi connectivity index (χ1v) is 10.4. The highest BCUT2D eigenvalue weighted by atomic mass is 16.4. The Labute approximate surface area is 193 Å². The second-order valence-electron chi connectivity index (χ2n) is 7.59. The van der Waals surface area contributed by atoms with Gasteiger partial charge in [0.2, 0.25) is 5.60 Å². The smallest absolute Gasteiger partial charge is 0.345 e. The predicted molar refractivity (Wildman–Crippen MR) is 126 cm³/mol. The van der Waals surface area contributed by atoms with Crippen LogP contribution in [0.25, 0.3) is 0 Å². The first kappa shape index (κ1) is 25.6. The molecule has 3 aromatic carbocycles. The minimum Gasteiger partial charge on any atom is -0.479 e. The van der Waals surface area contributed by atoms with Crippen LogP contribution in [0, 0.1) is 0 Å². The van der Waals surface area contributed by atoms with Crippen molar-refractivity contribution in [3.8, 4) is 0 Å². The average molecular weight is 452 g/mol. The molecular formula is C26H29NO6. The third kappa shape index (κ3) is 5.77. The molecule has 0 spiro atoms. The van der Waals surface area contributed by atoms with Gasteiger partial charge in [-0.1, -0.05) is 85.8 Å². The molecule has 0 fully saturated rings. The van der Waals surface area contributed by atoms with E-state index in [4.69, 9.17) is 10.2 Å². The molecule has 0 aliphatic heterocycles. The van der Waals surface area contributed by atoms with Gasteiger partial charge in [-0.2, -0.15) is 0 Å². The summed E-state index contributed by atoms with van der Waals surface area (Å²) in [5.74, 6) is -2.51. The summed E-state index contributed by atoms with van der Waals surface area (Å²) in [4.78, 5) is 24.0. The molecule has 3 aromatic rings. The van der Waals surface area contributed by atoms with Crippen LogP contribution >= 0.6 is 0 Å². The van der Waals surface area contributed by atoms with Crippen molar-refractivity contribution in [1.29, 1.82) is 0 Å². The zero-order valence-corrected chi connectivity index (χ0v) is 18.8. The van der Waals surface area contributed by atoms with E-state index in [0.29, 0.717) is 16.7 Å². The Morgan fingerprint density at radius 2 is 1.42 bits per heavy atom. The highest BCUT2D eigenvalue weighted by Gasteiger charge is 2.42. The van der Waals surface area contributed by atoms with E-state index < -0.39 is 23.6 Å². The molecule has 7 nitrogen and oxygen atoms in total. The van der Waals surface area contributed by atoms with Crippen molar-refractivity contribution in [1.82, 2.24) is 0 Å². The van der Waals surface area contributed by atoms with E-state index in [1.54, 1.807) is 72.8 Å². The van der Waals surface area contributed by atoms with Gasteiger partial charge < -0.3 is 25.3 Å². The number of aliphatic hydroxyl groups excluding tert-OH is 1. The molecule has 0 amide bonds. The number of rotatable bonds is 7. The molecule has 0 heterocycles. The summed E-state index contributed by atoms with van der Waals surface area (Å²) in [6.07, 6.45) is -0.651. The van der Waals surface area contributed by atoms with Crippen LogP contribution in [-0.2, 0) is 21.6 Å². The van der Waals surface area contributed by atoms with E-state index in [2.05, 4.69) is 0 Å². The standard InChI is InChI=1S/C18H21NO3.C8H8O3/c1-4-13-9-8-12-15(16(13)19(2)3)18(22,17(20)21)14-10-6-5-7-11-14;9-7(8(10)11)6-4-2-1-3-5-6/h5-12,22H,4H2,1-3H3,(H,20,21);1-5,7,9H,(H,10,11). The Morgan fingerprint density at radius 1 is 0.879 bits per heavy atom. The number of anilines is 1. The summed E-state index contributed by atoms with van der Waals surface area (Å²) in [6, 6.07) is 22.2. The third-order valence-electron chi connectivity index (χ3n) is 5.19. The van der Waals surface area contributed by atoms with Crippen LogP contribution in [0.3, 0.4) is 0 Å². The second-order valence-corrected chi connectivity index (χ2v) is 7.59. The molecular weight excluding hydrogens is 422 g/mol. The largest absolute Gasteiger partial charge is 0.479 e. The first-order chi connectivity index (χ1) is 15.6. The van der Waals surface area contributed by atoms with Gasteiger partial charge in [0.15, 0.2) is 6.10 Å². The minimum absolute atomic E-state index is 0.346. The summed E-state index contributed by atoms with van der Waals surface area (Å²) in [5, 5.41) is 38.2. The molecule has 0 saturated carbocycles. The fourth-order valence-corrected chi connectivity index (χ4v) is 3.55. The molecule has 0 bridgehead atoms. The lowest BCUT2D eigenvalue weighted by Crippen LogP contribution is -2.38. The minimum atomic E-state index is -2.08. The van der Waals surface area contributed by atoms with Crippen LogP contribution in [-0.4, -0.2) is 46.5 Å². The van der Waals surface area contributed by atoms with Gasteiger partial charge >= 0.3 is 11.9 Å². The van der Waals surface area contributed by atoms with Crippen molar-refractivity contribution in [2.45, 2.75) is 25.0 Å². The number of para-hydroxylation sites is 1. The number of aliphatic carboxylic acids is 2. The summed E-state index contributed by atoms with van der Waals surface area (Å²) in [5.41, 5.74) is 0.803. The van der Waals surface area contributed by atoms with E-state index >= 15 is 0 Å². The van der Waals surface area contributed by atoms with E-state index in [1.165, 1.54) is 0 Å². The van der Waals surface area contributed by atoms with E-state index in [9.17, 15) is 19.8 Å². The maximum absolute atomic E-state index is 11.9. The molecule has 3 rings (SSSR count). The molecule has 0 aromatic heterocycles. The summed E-state index contributed by atoms with van der Waals surface area (Å²) >= 11 is 0. The number of benzene rings is 3. The van der Waals surface area contributed by atoms with Crippen molar-refractivity contribution in [3.63, 3.8) is 0 Å². The molecule has 0 aliphatic carbocycles. The maximum atomic E-state index is 11.9. The number of hydrogen-bond donors (Lipinski definition) is 4. The van der Waals surface area contributed by atoms with E-state index in [0.717, 1.165) is 17.7 Å². The number of aliphatic hydroxyl groups is 2. The molecule has 0 aliphatic rings. The molecule has 33 heavy (non-hydrogen) atoms. The normalized spacial score (nSPS) is 13.1. The lowest BCUT2D eigenvalue weighted by molar-refractivity contribution is -0.155. The van der Waals surface area contributed by atoms with Crippen molar-refractivity contribution in [2.24, 2.45) is 0 Å². The molecule has 2 atom stereocenters. The van der Waals surface area contributed by atoms with Crippen molar-refractivity contribution >= 4 is 17.6 Å². The van der Waals surface area contributed by atoms with E-state index in [1.807, 2.05) is 32.0 Å². The quantitative estimate of drug-likeness (QED) is 0.435. The van der Waals surface area contributed by atoms with E-state index in [-0.39, 0.29) is 0 Å². The van der Waals surface area contributed by atoms with Gasteiger partial charge in [0.1, 0.15) is 0 Å².